The molecule has 0 N–H and O–H groups in total. The standard InChI is InChI=1S/C14H14ClNO2/c1-2-10-4-3-5-12-13(15)11(6-7-18-9-17)8-16-14(10)12/h3-5,8-9H,2,6-7H2,1H3. The second kappa shape index (κ2) is 5.83. The molecule has 0 fully saturated rings. The zero-order valence-electron chi connectivity index (χ0n) is 10.1. The SMILES string of the molecule is CCc1cccc2c(Cl)c(CCOC=O)cnc12. The molecule has 0 spiro atoms. The lowest BCUT2D eigenvalue weighted by Gasteiger charge is -2.09. The topological polar surface area (TPSA) is 39.2 Å². The summed E-state index contributed by atoms with van der Waals surface area (Å²) in [5.41, 5.74) is 3.04. The number of fused-ring (bicyclic) bond motifs is 1. The number of aryl methyl sites for hydroxylation is 1. The summed E-state index contributed by atoms with van der Waals surface area (Å²) >= 11 is 6.37. The summed E-state index contributed by atoms with van der Waals surface area (Å²) in [5, 5.41) is 1.66. The molecule has 3 nitrogen and oxygen atoms in total. The van der Waals surface area contributed by atoms with Crippen LogP contribution in [0.2, 0.25) is 5.02 Å². The Kier molecular flexibility index (Phi) is 4.15. The fourth-order valence-electron chi connectivity index (χ4n) is 1.97. The van der Waals surface area contributed by atoms with Gasteiger partial charge in [-0.1, -0.05) is 36.7 Å². The van der Waals surface area contributed by atoms with Crippen molar-refractivity contribution in [1.82, 2.24) is 4.98 Å². The van der Waals surface area contributed by atoms with E-state index in [1.54, 1.807) is 6.20 Å². The first kappa shape index (κ1) is 12.8. The van der Waals surface area contributed by atoms with Crippen LogP contribution in [-0.4, -0.2) is 18.1 Å². The number of nitrogens with zero attached hydrogens (tertiary/aromatic N) is 1. The first-order valence-corrected chi connectivity index (χ1v) is 6.26. The fraction of sp³-hybridized carbons (Fsp3) is 0.286. The maximum atomic E-state index is 10.1. The molecule has 0 saturated heterocycles. The van der Waals surface area contributed by atoms with E-state index >= 15 is 0 Å². The van der Waals surface area contributed by atoms with Gasteiger partial charge in [0.1, 0.15) is 0 Å². The van der Waals surface area contributed by atoms with E-state index < -0.39 is 0 Å². The first-order valence-electron chi connectivity index (χ1n) is 5.88. The molecule has 1 aromatic carbocycles. The fourth-order valence-corrected chi connectivity index (χ4v) is 2.27. The van der Waals surface area contributed by atoms with Gasteiger partial charge < -0.3 is 4.74 Å². The van der Waals surface area contributed by atoms with Crippen molar-refractivity contribution in [2.45, 2.75) is 19.8 Å². The Hall–Kier alpha value is -1.61. The molecule has 1 aromatic heterocycles. The molecule has 0 aliphatic carbocycles. The van der Waals surface area contributed by atoms with Gasteiger partial charge in [0.05, 0.1) is 17.1 Å². The smallest absolute Gasteiger partial charge is 0.293 e. The van der Waals surface area contributed by atoms with Crippen molar-refractivity contribution >= 4 is 29.0 Å². The van der Waals surface area contributed by atoms with E-state index in [2.05, 4.69) is 22.7 Å². The average Bonchev–Trinajstić information content (AvgIpc) is 2.41. The zero-order chi connectivity index (χ0) is 13.0. The maximum Gasteiger partial charge on any atom is 0.293 e. The minimum absolute atomic E-state index is 0.323. The van der Waals surface area contributed by atoms with Crippen molar-refractivity contribution in [1.29, 1.82) is 0 Å². The van der Waals surface area contributed by atoms with Gasteiger partial charge in [0.2, 0.25) is 0 Å². The predicted octanol–water partition coefficient (Wildman–Crippen LogP) is 3.17. The molecular weight excluding hydrogens is 250 g/mol. The van der Waals surface area contributed by atoms with E-state index in [1.165, 1.54) is 5.56 Å². The third kappa shape index (κ3) is 2.46. The van der Waals surface area contributed by atoms with Crippen molar-refractivity contribution in [3.05, 3.63) is 40.5 Å². The van der Waals surface area contributed by atoms with Gasteiger partial charge in [-0.3, -0.25) is 9.78 Å². The molecule has 0 unspecified atom stereocenters. The van der Waals surface area contributed by atoms with E-state index in [-0.39, 0.29) is 0 Å². The molecule has 4 heteroatoms. The predicted molar refractivity (Wildman–Crippen MR) is 71.9 cm³/mol. The Morgan fingerprint density at radius 2 is 2.22 bits per heavy atom. The molecule has 94 valence electrons. The van der Waals surface area contributed by atoms with Crippen LogP contribution in [0.4, 0.5) is 0 Å². The van der Waals surface area contributed by atoms with Crippen LogP contribution in [0.15, 0.2) is 24.4 Å². The highest BCUT2D eigenvalue weighted by molar-refractivity contribution is 6.36. The molecule has 2 aromatic rings. The van der Waals surface area contributed by atoms with Crippen LogP contribution in [0.1, 0.15) is 18.1 Å². The first-order chi connectivity index (χ1) is 8.77. The molecule has 0 bridgehead atoms. The maximum absolute atomic E-state index is 10.1. The number of aromatic nitrogens is 1. The Bertz CT molecular complexity index is 569. The van der Waals surface area contributed by atoms with Crippen molar-refractivity contribution in [2.24, 2.45) is 0 Å². The Balaban J connectivity index is 2.41. The third-order valence-corrected chi connectivity index (χ3v) is 3.37. The Morgan fingerprint density at radius 1 is 1.39 bits per heavy atom. The molecule has 18 heavy (non-hydrogen) atoms. The largest absolute Gasteiger partial charge is 0.468 e. The number of para-hydroxylation sites is 1. The number of pyridine rings is 1. The lowest BCUT2D eigenvalue weighted by molar-refractivity contribution is -0.128. The van der Waals surface area contributed by atoms with Crippen LogP contribution in [0.25, 0.3) is 10.9 Å². The number of hydrogen-bond acceptors (Lipinski definition) is 3. The van der Waals surface area contributed by atoms with Crippen LogP contribution in [-0.2, 0) is 22.4 Å². The van der Waals surface area contributed by atoms with E-state index in [9.17, 15) is 4.79 Å². The van der Waals surface area contributed by atoms with Gasteiger partial charge in [-0.25, -0.2) is 0 Å². The summed E-state index contributed by atoms with van der Waals surface area (Å²) in [5.74, 6) is 0. The van der Waals surface area contributed by atoms with Gasteiger partial charge in [0.25, 0.3) is 6.47 Å². The summed E-state index contributed by atoms with van der Waals surface area (Å²) in [6.45, 7) is 2.86. The number of carbonyl (C=O) groups excluding carboxylic acids is 1. The second-order valence-electron chi connectivity index (χ2n) is 3.98. The molecule has 0 aliphatic heterocycles. The quantitative estimate of drug-likeness (QED) is 0.614. The minimum atomic E-state index is 0.323. The van der Waals surface area contributed by atoms with Crippen LogP contribution >= 0.6 is 11.6 Å². The molecule has 2 rings (SSSR count). The van der Waals surface area contributed by atoms with Gasteiger partial charge >= 0.3 is 0 Å². The van der Waals surface area contributed by atoms with Crippen LogP contribution in [0, 0.1) is 0 Å². The third-order valence-electron chi connectivity index (χ3n) is 2.93. The van der Waals surface area contributed by atoms with E-state index in [0.717, 1.165) is 22.9 Å². The number of halogens is 1. The molecule has 0 aliphatic rings. The van der Waals surface area contributed by atoms with Crippen LogP contribution in [0.5, 0.6) is 0 Å². The highest BCUT2D eigenvalue weighted by Gasteiger charge is 2.09. The molecule has 0 saturated carbocycles. The molecular formula is C14H14ClNO2. The normalized spacial score (nSPS) is 10.6. The van der Waals surface area contributed by atoms with Crippen molar-refractivity contribution in [2.75, 3.05) is 6.61 Å². The molecule has 0 atom stereocenters. The number of ether oxygens (including phenoxy) is 1. The van der Waals surface area contributed by atoms with Gasteiger partial charge in [-0.15, -0.1) is 0 Å². The Morgan fingerprint density at radius 3 is 2.94 bits per heavy atom. The summed E-state index contributed by atoms with van der Waals surface area (Å²) in [6, 6.07) is 6.01. The highest BCUT2D eigenvalue weighted by atomic mass is 35.5. The highest BCUT2D eigenvalue weighted by Crippen LogP contribution is 2.28. The van der Waals surface area contributed by atoms with Gasteiger partial charge in [-0.2, -0.15) is 0 Å². The summed E-state index contributed by atoms with van der Waals surface area (Å²) in [6.07, 6.45) is 3.27. The number of benzene rings is 1. The molecule has 0 radical (unpaired) electrons. The molecule has 0 amide bonds. The lowest BCUT2D eigenvalue weighted by atomic mass is 10.1. The van der Waals surface area contributed by atoms with Crippen molar-refractivity contribution < 1.29 is 9.53 Å². The van der Waals surface area contributed by atoms with E-state index in [4.69, 9.17) is 11.6 Å². The number of hydrogen-bond donors (Lipinski definition) is 0. The van der Waals surface area contributed by atoms with E-state index in [0.29, 0.717) is 24.5 Å². The van der Waals surface area contributed by atoms with Crippen molar-refractivity contribution in [3.63, 3.8) is 0 Å². The van der Waals surface area contributed by atoms with Crippen molar-refractivity contribution in [3.8, 4) is 0 Å². The summed E-state index contributed by atoms with van der Waals surface area (Å²) in [7, 11) is 0. The number of carbonyl (C=O) groups is 1. The van der Waals surface area contributed by atoms with Crippen LogP contribution in [0.3, 0.4) is 0 Å². The van der Waals surface area contributed by atoms with E-state index in [1.807, 2.05) is 12.1 Å². The zero-order valence-corrected chi connectivity index (χ0v) is 10.9. The van der Waals surface area contributed by atoms with Gasteiger partial charge in [0, 0.05) is 18.0 Å². The minimum Gasteiger partial charge on any atom is -0.468 e. The molecule has 1 heterocycles. The lowest BCUT2D eigenvalue weighted by Crippen LogP contribution is -1.99. The monoisotopic (exact) mass is 263 g/mol. The average molecular weight is 264 g/mol. The summed E-state index contributed by atoms with van der Waals surface area (Å²) < 4.78 is 4.68. The number of rotatable bonds is 5. The van der Waals surface area contributed by atoms with Gasteiger partial charge in [-0.05, 0) is 17.5 Å². The second-order valence-corrected chi connectivity index (χ2v) is 4.36. The van der Waals surface area contributed by atoms with Crippen LogP contribution < -0.4 is 0 Å². The Labute approximate surface area is 111 Å². The summed E-state index contributed by atoms with van der Waals surface area (Å²) in [4.78, 5) is 14.6. The van der Waals surface area contributed by atoms with Gasteiger partial charge in [0.15, 0.2) is 0 Å².